The van der Waals surface area contributed by atoms with Crippen LogP contribution in [0, 0.1) is 0 Å². The van der Waals surface area contributed by atoms with Crippen LogP contribution in [0.3, 0.4) is 0 Å². The largest absolute Gasteiger partial charge is 0.467 e. The van der Waals surface area contributed by atoms with Crippen molar-refractivity contribution in [2.45, 2.75) is 64.2 Å². The number of nitrogens with zero attached hydrogens (tertiary/aromatic N) is 4. The lowest BCUT2D eigenvalue weighted by Gasteiger charge is -2.44. The molecule has 3 fully saturated rings. The highest BCUT2D eigenvalue weighted by molar-refractivity contribution is 5.71. The third-order valence-electron chi connectivity index (χ3n) is 5.14. The van der Waals surface area contributed by atoms with Crippen molar-refractivity contribution in [3.8, 4) is 5.88 Å². The molecule has 144 valence electrons. The van der Waals surface area contributed by atoms with Gasteiger partial charge in [-0.15, -0.1) is 0 Å². The second-order valence-electron chi connectivity index (χ2n) is 8.83. The number of hydrogen-bond donors (Lipinski definition) is 0. The van der Waals surface area contributed by atoms with Gasteiger partial charge in [-0.05, 0) is 46.8 Å². The molecule has 2 aromatic heterocycles. The van der Waals surface area contributed by atoms with Crippen molar-refractivity contribution < 1.29 is 14.3 Å². The summed E-state index contributed by atoms with van der Waals surface area (Å²) in [6, 6.07) is 1.89. The van der Waals surface area contributed by atoms with Gasteiger partial charge in [0.1, 0.15) is 16.7 Å². The molecule has 0 radical (unpaired) electrons. The summed E-state index contributed by atoms with van der Waals surface area (Å²) in [6.45, 7) is 10.2. The summed E-state index contributed by atoms with van der Waals surface area (Å²) in [5.74, 6) is 0.552. The van der Waals surface area contributed by atoms with Gasteiger partial charge in [-0.2, -0.15) is 5.10 Å². The zero-order chi connectivity index (χ0) is 19.4. The lowest BCUT2D eigenvalue weighted by molar-refractivity contribution is -0.0169. The molecule has 27 heavy (non-hydrogen) atoms. The van der Waals surface area contributed by atoms with Crippen molar-refractivity contribution >= 4 is 17.7 Å². The van der Waals surface area contributed by atoms with E-state index in [9.17, 15) is 4.79 Å². The second kappa shape index (κ2) is 5.71. The Hall–Kier alpha value is -2.57. The van der Waals surface area contributed by atoms with Crippen LogP contribution in [0.2, 0.25) is 0 Å². The van der Waals surface area contributed by atoms with Crippen molar-refractivity contribution in [2.24, 2.45) is 0 Å². The number of aromatic nitrogens is 3. The first-order chi connectivity index (χ1) is 12.6. The van der Waals surface area contributed by atoms with Crippen molar-refractivity contribution in [1.29, 1.82) is 0 Å². The molecule has 1 saturated carbocycles. The summed E-state index contributed by atoms with van der Waals surface area (Å²) < 4.78 is 13.8. The van der Waals surface area contributed by atoms with E-state index in [0.29, 0.717) is 12.4 Å². The molecule has 3 aliphatic rings. The Balaban J connectivity index is 1.59. The van der Waals surface area contributed by atoms with Crippen LogP contribution in [-0.2, 0) is 4.74 Å². The van der Waals surface area contributed by atoms with Gasteiger partial charge in [0.05, 0.1) is 30.2 Å². The van der Waals surface area contributed by atoms with Crippen LogP contribution in [0.4, 0.5) is 4.79 Å². The van der Waals surface area contributed by atoms with Crippen LogP contribution in [0.15, 0.2) is 24.5 Å². The second-order valence-corrected chi connectivity index (χ2v) is 8.83. The molecule has 2 aromatic rings. The van der Waals surface area contributed by atoms with E-state index in [1.165, 1.54) is 0 Å². The molecule has 7 heteroatoms. The molecule has 1 aliphatic carbocycles. The highest BCUT2D eigenvalue weighted by Crippen LogP contribution is 2.55. The molecule has 0 N–H and O–H groups in total. The first kappa shape index (κ1) is 17.8. The lowest BCUT2D eigenvalue weighted by atomic mass is 9.71. The predicted octanol–water partition coefficient (Wildman–Crippen LogP) is 3.68. The highest BCUT2D eigenvalue weighted by Gasteiger charge is 2.67. The van der Waals surface area contributed by atoms with E-state index in [-0.39, 0.29) is 11.6 Å². The number of carbonyl (C=O) groups is 1. The topological polar surface area (TPSA) is 69.0 Å². The maximum atomic E-state index is 12.6. The van der Waals surface area contributed by atoms with E-state index in [1.807, 2.05) is 57.0 Å². The zero-order valence-corrected chi connectivity index (χ0v) is 16.5. The number of allylic oxidation sites excluding steroid dienone is 1. The summed E-state index contributed by atoms with van der Waals surface area (Å²) in [6.07, 6.45) is 8.71. The average Bonchev–Trinajstić information content (AvgIpc) is 3.15. The van der Waals surface area contributed by atoms with Gasteiger partial charge in [0.2, 0.25) is 5.88 Å². The summed E-state index contributed by atoms with van der Waals surface area (Å²) >= 11 is 0. The molecular weight excluding hydrogens is 344 g/mol. The third-order valence-corrected chi connectivity index (χ3v) is 5.14. The fraction of sp³-hybridized carbons (Fsp3) is 0.550. The van der Waals surface area contributed by atoms with E-state index in [1.54, 1.807) is 10.7 Å². The van der Waals surface area contributed by atoms with Gasteiger partial charge in [-0.25, -0.2) is 14.3 Å². The van der Waals surface area contributed by atoms with Crippen molar-refractivity contribution in [2.75, 3.05) is 6.54 Å². The van der Waals surface area contributed by atoms with E-state index >= 15 is 0 Å². The summed E-state index contributed by atoms with van der Waals surface area (Å²) in [5.41, 5.74) is 0.448. The maximum Gasteiger partial charge on any atom is 0.410 e. The summed E-state index contributed by atoms with van der Waals surface area (Å²) in [5, 5.41) is 4.31. The van der Waals surface area contributed by atoms with Crippen LogP contribution in [0.25, 0.3) is 11.6 Å². The van der Waals surface area contributed by atoms with Gasteiger partial charge in [-0.1, -0.05) is 6.08 Å². The van der Waals surface area contributed by atoms with Crippen molar-refractivity contribution in [3.63, 3.8) is 0 Å². The highest BCUT2D eigenvalue weighted by atomic mass is 16.6. The molecule has 7 nitrogen and oxygen atoms in total. The summed E-state index contributed by atoms with van der Waals surface area (Å²) in [4.78, 5) is 19.1. The third kappa shape index (κ3) is 3.05. The SMILES string of the molecule is C/C=C/c1cn2nccc2c(OC23CN(C(=O)OC(C)(C)C)C(C)(C2)C3)n1. The van der Waals surface area contributed by atoms with Gasteiger partial charge >= 0.3 is 6.09 Å². The van der Waals surface area contributed by atoms with Crippen LogP contribution >= 0.6 is 0 Å². The number of hydrogen-bond acceptors (Lipinski definition) is 5. The molecule has 2 saturated heterocycles. The van der Waals surface area contributed by atoms with E-state index in [4.69, 9.17) is 9.47 Å². The van der Waals surface area contributed by atoms with Gasteiger partial charge in [0.25, 0.3) is 0 Å². The fourth-order valence-electron chi connectivity index (χ4n) is 4.27. The molecule has 0 atom stereocenters. The number of carbonyl (C=O) groups excluding carboxylic acids is 1. The van der Waals surface area contributed by atoms with Crippen LogP contribution in [-0.4, -0.2) is 48.9 Å². The maximum absolute atomic E-state index is 12.6. The Morgan fingerprint density at radius 2 is 2.07 bits per heavy atom. The smallest absolute Gasteiger partial charge is 0.410 e. The first-order valence-corrected chi connectivity index (χ1v) is 9.30. The Kier molecular flexibility index (Phi) is 3.77. The van der Waals surface area contributed by atoms with Crippen LogP contribution < -0.4 is 4.74 Å². The fourth-order valence-corrected chi connectivity index (χ4v) is 4.27. The number of ether oxygens (including phenoxy) is 2. The minimum atomic E-state index is -0.513. The molecule has 1 amide bonds. The molecule has 4 heterocycles. The Labute approximate surface area is 159 Å². The Bertz CT molecular complexity index is 919. The van der Waals surface area contributed by atoms with Crippen LogP contribution in [0.5, 0.6) is 5.88 Å². The molecule has 0 spiro atoms. The predicted molar refractivity (Wildman–Crippen MR) is 102 cm³/mol. The minimum Gasteiger partial charge on any atom is -0.467 e. The average molecular weight is 370 g/mol. The van der Waals surface area contributed by atoms with Crippen LogP contribution in [0.1, 0.15) is 53.2 Å². The summed E-state index contributed by atoms with van der Waals surface area (Å²) in [7, 11) is 0. The van der Waals surface area contributed by atoms with Gasteiger partial charge in [-0.3, -0.25) is 4.90 Å². The molecule has 0 unspecified atom stereocenters. The number of rotatable bonds is 3. The first-order valence-electron chi connectivity index (χ1n) is 9.30. The standard InChI is InChI=1S/C20H26N4O3/c1-6-7-14-10-24-15(8-9-21-24)16(22-14)26-20-11-19(5,12-20)23(13-20)17(25)27-18(2,3)4/h6-10H,11-13H2,1-5H3/b7-6+. The molecule has 2 aliphatic heterocycles. The minimum absolute atomic E-state index is 0.222. The monoisotopic (exact) mass is 370 g/mol. The van der Waals surface area contributed by atoms with E-state index in [0.717, 1.165) is 24.1 Å². The van der Waals surface area contributed by atoms with Gasteiger partial charge < -0.3 is 9.47 Å². The van der Waals surface area contributed by atoms with Crippen molar-refractivity contribution in [3.05, 3.63) is 30.2 Å². The molecule has 5 rings (SSSR count). The Morgan fingerprint density at radius 3 is 2.74 bits per heavy atom. The zero-order valence-electron chi connectivity index (χ0n) is 16.5. The quantitative estimate of drug-likeness (QED) is 0.824. The van der Waals surface area contributed by atoms with Gasteiger partial charge in [0.15, 0.2) is 0 Å². The number of amides is 1. The van der Waals surface area contributed by atoms with Gasteiger partial charge in [0, 0.05) is 12.8 Å². The van der Waals surface area contributed by atoms with E-state index in [2.05, 4.69) is 17.0 Å². The molecular formula is C20H26N4O3. The van der Waals surface area contributed by atoms with E-state index < -0.39 is 11.2 Å². The molecule has 2 bridgehead atoms. The molecule has 0 aromatic carbocycles. The lowest BCUT2D eigenvalue weighted by Crippen LogP contribution is -2.54. The Morgan fingerprint density at radius 1 is 1.33 bits per heavy atom. The normalized spacial score (nSPS) is 27.2. The van der Waals surface area contributed by atoms with Crippen molar-refractivity contribution in [1.82, 2.24) is 19.5 Å². The number of fused-ring (bicyclic) bond motifs is 2.